The molecule has 1 atom stereocenters. The number of nitrogens with zero attached hydrogens (tertiary/aromatic N) is 2. The molecule has 0 N–H and O–H groups in total. The number of amides is 1. The van der Waals surface area contributed by atoms with Crippen molar-refractivity contribution in [3.8, 4) is 5.75 Å². The zero-order valence-electron chi connectivity index (χ0n) is 15.2. The van der Waals surface area contributed by atoms with E-state index in [4.69, 9.17) is 4.74 Å². The van der Waals surface area contributed by atoms with Crippen molar-refractivity contribution in [1.29, 1.82) is 0 Å². The van der Waals surface area contributed by atoms with Crippen molar-refractivity contribution < 1.29 is 13.9 Å². The molecular formula is C20H25FN2O2. The van der Waals surface area contributed by atoms with Crippen LogP contribution in [-0.2, 0) is 11.3 Å². The minimum Gasteiger partial charge on any atom is -0.496 e. The standard InChI is InChI=1S/C20H25FN2O2/c1-15(16-9-11-18(21)12-10-16)22(2)14-20(24)23(3)13-17-7-5-6-8-19(17)25-4/h5-12,15H,13-14H2,1-4H3. The fourth-order valence-electron chi connectivity index (χ4n) is 2.64. The average molecular weight is 344 g/mol. The van der Waals surface area contributed by atoms with Gasteiger partial charge in [0.2, 0.25) is 5.91 Å². The summed E-state index contributed by atoms with van der Waals surface area (Å²) in [6.07, 6.45) is 0. The Morgan fingerprint density at radius 3 is 2.40 bits per heavy atom. The van der Waals surface area contributed by atoms with Crippen LogP contribution in [0.1, 0.15) is 24.1 Å². The molecule has 134 valence electrons. The summed E-state index contributed by atoms with van der Waals surface area (Å²) in [6.45, 7) is 2.77. The minimum absolute atomic E-state index is 0.0161. The zero-order valence-corrected chi connectivity index (χ0v) is 15.2. The van der Waals surface area contributed by atoms with Crippen LogP contribution in [0.2, 0.25) is 0 Å². The van der Waals surface area contributed by atoms with E-state index >= 15 is 0 Å². The SMILES string of the molecule is COc1ccccc1CN(C)C(=O)CN(C)C(C)c1ccc(F)cc1. The molecule has 25 heavy (non-hydrogen) atoms. The zero-order chi connectivity index (χ0) is 18.4. The summed E-state index contributed by atoms with van der Waals surface area (Å²) >= 11 is 0. The van der Waals surface area contributed by atoms with E-state index in [9.17, 15) is 9.18 Å². The van der Waals surface area contributed by atoms with Crippen molar-refractivity contribution >= 4 is 5.91 Å². The maximum absolute atomic E-state index is 13.1. The highest BCUT2D eigenvalue weighted by atomic mass is 19.1. The molecule has 0 aliphatic carbocycles. The molecule has 0 spiro atoms. The lowest BCUT2D eigenvalue weighted by Gasteiger charge is -2.27. The molecule has 0 aromatic heterocycles. The van der Waals surface area contributed by atoms with Gasteiger partial charge in [0.25, 0.3) is 0 Å². The van der Waals surface area contributed by atoms with Gasteiger partial charge < -0.3 is 9.64 Å². The summed E-state index contributed by atoms with van der Waals surface area (Å²) in [6, 6.07) is 14.1. The maximum Gasteiger partial charge on any atom is 0.236 e. The lowest BCUT2D eigenvalue weighted by atomic mass is 10.1. The van der Waals surface area contributed by atoms with E-state index in [1.54, 1.807) is 31.2 Å². The monoisotopic (exact) mass is 344 g/mol. The summed E-state index contributed by atoms with van der Waals surface area (Å²) in [4.78, 5) is 16.2. The van der Waals surface area contributed by atoms with Crippen LogP contribution < -0.4 is 4.74 Å². The number of carbonyl (C=O) groups is 1. The molecule has 0 radical (unpaired) electrons. The Balaban J connectivity index is 1.96. The number of carbonyl (C=O) groups excluding carboxylic acids is 1. The van der Waals surface area contributed by atoms with Gasteiger partial charge in [0, 0.05) is 25.2 Å². The van der Waals surface area contributed by atoms with Gasteiger partial charge in [-0.25, -0.2) is 4.39 Å². The fourth-order valence-corrected chi connectivity index (χ4v) is 2.64. The van der Waals surface area contributed by atoms with Crippen LogP contribution in [0.15, 0.2) is 48.5 Å². The Labute approximate surface area is 148 Å². The molecule has 1 unspecified atom stereocenters. The maximum atomic E-state index is 13.1. The Hall–Kier alpha value is -2.40. The van der Waals surface area contributed by atoms with Crippen LogP contribution in [-0.4, -0.2) is 43.5 Å². The molecular weight excluding hydrogens is 319 g/mol. The quantitative estimate of drug-likeness (QED) is 0.771. The van der Waals surface area contributed by atoms with Crippen LogP contribution in [0.3, 0.4) is 0 Å². The molecule has 4 nitrogen and oxygen atoms in total. The van der Waals surface area contributed by atoms with E-state index in [2.05, 4.69) is 0 Å². The smallest absolute Gasteiger partial charge is 0.236 e. The molecule has 1 amide bonds. The first-order valence-corrected chi connectivity index (χ1v) is 8.24. The third-order valence-corrected chi connectivity index (χ3v) is 4.42. The first kappa shape index (κ1) is 18.9. The number of rotatable bonds is 7. The van der Waals surface area contributed by atoms with Crippen LogP contribution in [0.4, 0.5) is 4.39 Å². The summed E-state index contributed by atoms with van der Waals surface area (Å²) in [5.41, 5.74) is 1.94. The summed E-state index contributed by atoms with van der Waals surface area (Å²) in [7, 11) is 5.30. The Bertz CT molecular complexity index is 703. The molecule has 2 aromatic carbocycles. The van der Waals surface area contributed by atoms with Crippen LogP contribution in [0.5, 0.6) is 5.75 Å². The number of hydrogen-bond acceptors (Lipinski definition) is 3. The van der Waals surface area contributed by atoms with E-state index < -0.39 is 0 Å². The van der Waals surface area contributed by atoms with Gasteiger partial charge in [-0.05, 0) is 37.7 Å². The third-order valence-electron chi connectivity index (χ3n) is 4.42. The number of methoxy groups -OCH3 is 1. The van der Waals surface area contributed by atoms with Crippen molar-refractivity contribution in [2.24, 2.45) is 0 Å². The van der Waals surface area contributed by atoms with Crippen molar-refractivity contribution in [2.45, 2.75) is 19.5 Å². The largest absolute Gasteiger partial charge is 0.496 e. The first-order valence-electron chi connectivity index (χ1n) is 8.24. The molecule has 0 aliphatic heterocycles. The van der Waals surface area contributed by atoms with Crippen molar-refractivity contribution in [2.75, 3.05) is 27.7 Å². The van der Waals surface area contributed by atoms with Gasteiger partial charge in [-0.1, -0.05) is 30.3 Å². The number of benzene rings is 2. The van der Waals surface area contributed by atoms with Gasteiger partial charge in [0.05, 0.1) is 13.7 Å². The number of para-hydroxylation sites is 1. The Kier molecular flexibility index (Phi) is 6.53. The molecule has 0 fully saturated rings. The molecule has 0 saturated heterocycles. The predicted octanol–water partition coefficient (Wildman–Crippen LogP) is 3.49. The normalized spacial score (nSPS) is 12.1. The highest BCUT2D eigenvalue weighted by Crippen LogP contribution is 2.21. The van der Waals surface area contributed by atoms with E-state index in [-0.39, 0.29) is 24.3 Å². The minimum atomic E-state index is -0.258. The van der Waals surface area contributed by atoms with E-state index in [0.29, 0.717) is 6.54 Å². The average Bonchev–Trinajstić information content (AvgIpc) is 2.62. The number of ether oxygens (including phenoxy) is 1. The van der Waals surface area contributed by atoms with Crippen LogP contribution in [0, 0.1) is 5.82 Å². The van der Waals surface area contributed by atoms with Gasteiger partial charge in [0.15, 0.2) is 0 Å². The fraction of sp³-hybridized carbons (Fsp3) is 0.350. The molecule has 0 heterocycles. The highest BCUT2D eigenvalue weighted by molar-refractivity contribution is 5.78. The second kappa shape index (κ2) is 8.62. The lowest BCUT2D eigenvalue weighted by molar-refractivity contribution is -0.131. The van der Waals surface area contributed by atoms with Crippen molar-refractivity contribution in [1.82, 2.24) is 9.80 Å². The molecule has 0 saturated carbocycles. The third kappa shape index (κ3) is 5.03. The lowest BCUT2D eigenvalue weighted by Crippen LogP contribution is -2.37. The second-order valence-electron chi connectivity index (χ2n) is 6.20. The van der Waals surface area contributed by atoms with Gasteiger partial charge >= 0.3 is 0 Å². The van der Waals surface area contributed by atoms with Crippen molar-refractivity contribution in [3.63, 3.8) is 0 Å². The second-order valence-corrected chi connectivity index (χ2v) is 6.20. The molecule has 5 heteroatoms. The van der Waals surface area contributed by atoms with Gasteiger partial charge in [0.1, 0.15) is 11.6 Å². The topological polar surface area (TPSA) is 32.8 Å². The van der Waals surface area contributed by atoms with E-state index in [1.807, 2.05) is 43.1 Å². The van der Waals surface area contributed by atoms with Gasteiger partial charge in [-0.15, -0.1) is 0 Å². The summed E-state index contributed by atoms with van der Waals surface area (Å²) in [5, 5.41) is 0. The van der Waals surface area contributed by atoms with E-state index in [0.717, 1.165) is 16.9 Å². The molecule has 0 aliphatic rings. The van der Waals surface area contributed by atoms with Crippen molar-refractivity contribution in [3.05, 3.63) is 65.5 Å². The van der Waals surface area contributed by atoms with Gasteiger partial charge in [-0.3, -0.25) is 9.69 Å². The first-order chi connectivity index (χ1) is 11.9. The summed E-state index contributed by atoms with van der Waals surface area (Å²) in [5.74, 6) is 0.531. The summed E-state index contributed by atoms with van der Waals surface area (Å²) < 4.78 is 18.4. The Morgan fingerprint density at radius 1 is 1.12 bits per heavy atom. The molecule has 2 rings (SSSR count). The van der Waals surface area contributed by atoms with Crippen LogP contribution in [0.25, 0.3) is 0 Å². The number of hydrogen-bond donors (Lipinski definition) is 0. The molecule has 0 bridgehead atoms. The van der Waals surface area contributed by atoms with Gasteiger partial charge in [-0.2, -0.15) is 0 Å². The highest BCUT2D eigenvalue weighted by Gasteiger charge is 2.18. The Morgan fingerprint density at radius 2 is 1.76 bits per heavy atom. The molecule has 2 aromatic rings. The van der Waals surface area contributed by atoms with E-state index in [1.165, 1.54) is 12.1 Å². The number of halogens is 1. The predicted molar refractivity (Wildman–Crippen MR) is 96.9 cm³/mol. The number of likely N-dealkylation sites (N-methyl/N-ethyl adjacent to an activating group) is 2. The van der Waals surface area contributed by atoms with Crippen LogP contribution >= 0.6 is 0 Å².